The maximum atomic E-state index is 12.8. The number of methoxy groups -OCH3 is 1. The molecule has 0 aromatic heterocycles. The second kappa shape index (κ2) is 8.21. The Hall–Kier alpha value is -2.73. The molecule has 2 aromatic rings. The largest absolute Gasteiger partial charge is 0.380 e. The van der Waals surface area contributed by atoms with Crippen LogP contribution in [0.5, 0.6) is 0 Å². The monoisotopic (exact) mass is 330 g/mol. The minimum absolute atomic E-state index is 0.106. The highest BCUT2D eigenvalue weighted by atomic mass is 19.1. The van der Waals surface area contributed by atoms with Gasteiger partial charge in [0.05, 0.1) is 13.2 Å². The van der Waals surface area contributed by atoms with Crippen molar-refractivity contribution in [3.8, 4) is 0 Å². The molecule has 2 amide bonds. The van der Waals surface area contributed by atoms with Gasteiger partial charge in [0.1, 0.15) is 5.82 Å². The maximum absolute atomic E-state index is 12.8. The number of halogens is 1. The van der Waals surface area contributed by atoms with Crippen molar-refractivity contribution in [3.05, 3.63) is 65.5 Å². The zero-order valence-corrected chi connectivity index (χ0v) is 13.6. The second-order valence-electron chi connectivity index (χ2n) is 5.35. The van der Waals surface area contributed by atoms with Crippen LogP contribution in [0.2, 0.25) is 0 Å². The molecule has 2 rings (SSSR count). The molecule has 0 saturated heterocycles. The summed E-state index contributed by atoms with van der Waals surface area (Å²) in [6.07, 6.45) is 0. The predicted octanol–water partition coefficient (Wildman–Crippen LogP) is 2.68. The molecule has 0 saturated carbocycles. The molecule has 0 aliphatic heterocycles. The van der Waals surface area contributed by atoms with Crippen LogP contribution in [0.1, 0.15) is 15.9 Å². The van der Waals surface area contributed by atoms with Crippen LogP contribution in [0.15, 0.2) is 48.5 Å². The number of nitrogens with zero attached hydrogens (tertiary/aromatic N) is 1. The lowest BCUT2D eigenvalue weighted by atomic mass is 10.1. The standard InChI is InChI=1S/C18H19FN2O3/c1-21(11-17(22)20-16-8-6-15(19)7-9-16)18(23)14-5-3-4-13(10-14)12-24-2/h3-10H,11-12H2,1-2H3,(H,20,22). The van der Waals surface area contributed by atoms with Crippen molar-refractivity contribution in [3.63, 3.8) is 0 Å². The van der Waals surface area contributed by atoms with Crippen molar-refractivity contribution >= 4 is 17.5 Å². The number of anilines is 1. The van der Waals surface area contributed by atoms with E-state index in [4.69, 9.17) is 4.74 Å². The third kappa shape index (κ3) is 4.89. The van der Waals surface area contributed by atoms with Crippen LogP contribution >= 0.6 is 0 Å². The van der Waals surface area contributed by atoms with E-state index in [1.165, 1.54) is 29.2 Å². The lowest BCUT2D eigenvalue weighted by Crippen LogP contribution is -2.35. The van der Waals surface area contributed by atoms with Crippen LogP contribution in [0.3, 0.4) is 0 Å². The van der Waals surface area contributed by atoms with Crippen LogP contribution in [0.4, 0.5) is 10.1 Å². The second-order valence-corrected chi connectivity index (χ2v) is 5.35. The smallest absolute Gasteiger partial charge is 0.254 e. The molecule has 0 radical (unpaired) electrons. The molecule has 5 nitrogen and oxygen atoms in total. The number of hydrogen-bond acceptors (Lipinski definition) is 3. The van der Waals surface area contributed by atoms with E-state index in [2.05, 4.69) is 5.32 Å². The zero-order chi connectivity index (χ0) is 17.5. The van der Waals surface area contributed by atoms with Gasteiger partial charge < -0.3 is 15.0 Å². The van der Waals surface area contributed by atoms with Crippen molar-refractivity contribution in [1.29, 1.82) is 0 Å². The Morgan fingerprint density at radius 2 is 1.88 bits per heavy atom. The first kappa shape index (κ1) is 17.6. The van der Waals surface area contributed by atoms with E-state index in [0.717, 1.165) is 5.56 Å². The topological polar surface area (TPSA) is 58.6 Å². The Morgan fingerprint density at radius 1 is 1.17 bits per heavy atom. The van der Waals surface area contributed by atoms with Gasteiger partial charge in [-0.15, -0.1) is 0 Å². The zero-order valence-electron chi connectivity index (χ0n) is 13.6. The van der Waals surface area contributed by atoms with E-state index in [0.29, 0.717) is 17.9 Å². The lowest BCUT2D eigenvalue weighted by molar-refractivity contribution is -0.116. The highest BCUT2D eigenvalue weighted by Gasteiger charge is 2.15. The molecule has 24 heavy (non-hydrogen) atoms. The van der Waals surface area contributed by atoms with Crippen molar-refractivity contribution in [2.45, 2.75) is 6.61 Å². The minimum atomic E-state index is -0.378. The molecule has 0 bridgehead atoms. The van der Waals surface area contributed by atoms with Gasteiger partial charge in [-0.3, -0.25) is 9.59 Å². The summed E-state index contributed by atoms with van der Waals surface area (Å²) in [4.78, 5) is 25.7. The molecule has 0 atom stereocenters. The predicted molar refractivity (Wildman–Crippen MR) is 89.1 cm³/mol. The van der Waals surface area contributed by atoms with E-state index in [9.17, 15) is 14.0 Å². The molecule has 0 fully saturated rings. The van der Waals surface area contributed by atoms with Gasteiger partial charge in [-0.05, 0) is 42.0 Å². The van der Waals surface area contributed by atoms with Gasteiger partial charge in [-0.2, -0.15) is 0 Å². The van der Waals surface area contributed by atoms with Crippen molar-refractivity contribution < 1.29 is 18.7 Å². The fourth-order valence-corrected chi connectivity index (χ4v) is 2.20. The molecule has 0 unspecified atom stereocenters. The number of hydrogen-bond donors (Lipinski definition) is 1. The number of ether oxygens (including phenoxy) is 1. The van der Waals surface area contributed by atoms with E-state index < -0.39 is 0 Å². The molecule has 0 spiro atoms. The van der Waals surface area contributed by atoms with Crippen LogP contribution in [0.25, 0.3) is 0 Å². The Labute approximate surface area is 140 Å². The summed E-state index contributed by atoms with van der Waals surface area (Å²) in [5, 5.41) is 2.62. The van der Waals surface area contributed by atoms with Gasteiger partial charge in [-0.1, -0.05) is 12.1 Å². The Kier molecular flexibility index (Phi) is 6.03. The number of likely N-dealkylation sites (N-methyl/N-ethyl adjacent to an activating group) is 1. The summed E-state index contributed by atoms with van der Waals surface area (Å²) >= 11 is 0. The average Bonchev–Trinajstić information content (AvgIpc) is 2.56. The Bertz CT molecular complexity index is 716. The van der Waals surface area contributed by atoms with E-state index in [1.54, 1.807) is 32.4 Å². The van der Waals surface area contributed by atoms with E-state index in [-0.39, 0.29) is 24.2 Å². The molecule has 0 aliphatic carbocycles. The van der Waals surface area contributed by atoms with Crippen LogP contribution in [-0.4, -0.2) is 37.4 Å². The first-order valence-corrected chi connectivity index (χ1v) is 7.38. The third-order valence-corrected chi connectivity index (χ3v) is 3.34. The lowest BCUT2D eigenvalue weighted by Gasteiger charge is -2.17. The number of rotatable bonds is 6. The summed E-state index contributed by atoms with van der Waals surface area (Å²) in [6, 6.07) is 12.5. The fourth-order valence-electron chi connectivity index (χ4n) is 2.20. The molecule has 126 valence electrons. The Morgan fingerprint density at radius 3 is 2.54 bits per heavy atom. The SMILES string of the molecule is COCc1cccc(C(=O)N(C)CC(=O)Nc2ccc(F)cc2)c1. The fraction of sp³-hybridized carbons (Fsp3) is 0.222. The molecule has 0 aliphatic rings. The first-order valence-electron chi connectivity index (χ1n) is 7.38. The summed E-state index contributed by atoms with van der Waals surface area (Å²) in [5.41, 5.74) is 1.85. The van der Waals surface area contributed by atoms with Gasteiger partial charge in [0.25, 0.3) is 5.91 Å². The summed E-state index contributed by atoms with van der Waals surface area (Å²) in [7, 11) is 3.13. The quantitative estimate of drug-likeness (QED) is 0.886. The number of amides is 2. The van der Waals surface area contributed by atoms with E-state index in [1.807, 2.05) is 6.07 Å². The number of benzene rings is 2. The summed E-state index contributed by atoms with van der Waals surface area (Å²) in [6.45, 7) is 0.306. The van der Waals surface area contributed by atoms with Gasteiger partial charge in [-0.25, -0.2) is 4.39 Å². The van der Waals surface area contributed by atoms with Crippen LogP contribution in [0, 0.1) is 5.82 Å². The minimum Gasteiger partial charge on any atom is -0.380 e. The summed E-state index contributed by atoms with van der Waals surface area (Å²) in [5.74, 6) is -0.996. The van der Waals surface area contributed by atoms with Gasteiger partial charge in [0.2, 0.25) is 5.91 Å². The van der Waals surface area contributed by atoms with Crippen molar-refractivity contribution in [2.75, 3.05) is 26.0 Å². The Balaban J connectivity index is 1.96. The highest BCUT2D eigenvalue weighted by Crippen LogP contribution is 2.10. The molecule has 0 heterocycles. The van der Waals surface area contributed by atoms with Crippen LogP contribution in [-0.2, 0) is 16.1 Å². The van der Waals surface area contributed by atoms with Gasteiger partial charge >= 0.3 is 0 Å². The van der Waals surface area contributed by atoms with Crippen molar-refractivity contribution in [1.82, 2.24) is 4.90 Å². The molecule has 1 N–H and O–H groups in total. The number of nitrogens with one attached hydrogen (secondary N) is 1. The number of carbonyl (C=O) groups is 2. The normalized spacial score (nSPS) is 10.3. The van der Waals surface area contributed by atoms with Crippen LogP contribution < -0.4 is 5.32 Å². The van der Waals surface area contributed by atoms with E-state index >= 15 is 0 Å². The number of carbonyl (C=O) groups excluding carboxylic acids is 2. The molecule has 2 aromatic carbocycles. The third-order valence-electron chi connectivity index (χ3n) is 3.34. The maximum Gasteiger partial charge on any atom is 0.254 e. The molecule has 6 heteroatoms. The molecular weight excluding hydrogens is 311 g/mol. The van der Waals surface area contributed by atoms with Crippen molar-refractivity contribution in [2.24, 2.45) is 0 Å². The van der Waals surface area contributed by atoms with Gasteiger partial charge in [0.15, 0.2) is 0 Å². The van der Waals surface area contributed by atoms with Gasteiger partial charge in [0, 0.05) is 25.4 Å². The summed E-state index contributed by atoms with van der Waals surface area (Å²) < 4.78 is 17.9. The average molecular weight is 330 g/mol. The highest BCUT2D eigenvalue weighted by molar-refractivity contribution is 5.99. The molecular formula is C18H19FN2O3. The first-order chi connectivity index (χ1) is 11.5.